The van der Waals surface area contributed by atoms with Crippen molar-refractivity contribution < 1.29 is 14.3 Å². The number of carbonyl (C=O) groups excluding carboxylic acids is 2. The molecule has 4 aromatic rings. The standard InChI is InChI=1S/C21H15Cl2N7O3S/c1-10-5-12(13-6-16(23)25-9-15(13)33-2)14(8-24-10)18(31)28-21-30-29-20(34-21)19(32)27-17-4-3-11(22)7-26-17/h3-9H,1-2H3,(H,26,27,32)(H,28,30,31). The van der Waals surface area contributed by atoms with Crippen molar-refractivity contribution in [2.45, 2.75) is 6.92 Å². The van der Waals surface area contributed by atoms with E-state index in [1.54, 1.807) is 31.2 Å². The molecule has 0 radical (unpaired) electrons. The minimum Gasteiger partial charge on any atom is -0.494 e. The number of carbonyl (C=O) groups is 2. The van der Waals surface area contributed by atoms with Crippen LogP contribution in [0.15, 0.2) is 42.9 Å². The van der Waals surface area contributed by atoms with Gasteiger partial charge in [-0.1, -0.05) is 34.5 Å². The highest BCUT2D eigenvalue weighted by Crippen LogP contribution is 2.34. The Morgan fingerprint density at radius 2 is 1.76 bits per heavy atom. The Morgan fingerprint density at radius 1 is 0.941 bits per heavy atom. The summed E-state index contributed by atoms with van der Waals surface area (Å²) in [5.41, 5.74) is 2.05. The van der Waals surface area contributed by atoms with Gasteiger partial charge in [0.15, 0.2) is 0 Å². The summed E-state index contributed by atoms with van der Waals surface area (Å²) in [4.78, 5) is 37.7. The number of rotatable bonds is 6. The summed E-state index contributed by atoms with van der Waals surface area (Å²) < 4.78 is 5.38. The zero-order valence-corrected chi connectivity index (χ0v) is 20.0. The van der Waals surface area contributed by atoms with Gasteiger partial charge in [0.2, 0.25) is 10.1 Å². The van der Waals surface area contributed by atoms with Crippen LogP contribution in [0.2, 0.25) is 10.2 Å². The number of nitrogens with zero attached hydrogens (tertiary/aromatic N) is 5. The first-order chi connectivity index (χ1) is 16.3. The molecule has 0 saturated heterocycles. The molecular formula is C21H15Cl2N7O3S. The second-order valence-corrected chi connectivity index (χ2v) is 8.56. The number of aryl methyl sites for hydroxylation is 1. The number of amides is 2. The van der Waals surface area contributed by atoms with Crippen LogP contribution in [0.25, 0.3) is 11.1 Å². The highest BCUT2D eigenvalue weighted by molar-refractivity contribution is 7.17. The molecule has 0 spiro atoms. The van der Waals surface area contributed by atoms with Crippen LogP contribution in [0, 0.1) is 6.92 Å². The van der Waals surface area contributed by atoms with E-state index in [0.717, 1.165) is 11.3 Å². The van der Waals surface area contributed by atoms with Crippen LogP contribution in [-0.2, 0) is 0 Å². The van der Waals surface area contributed by atoms with E-state index in [2.05, 4.69) is 35.8 Å². The molecule has 13 heteroatoms. The molecule has 0 aliphatic carbocycles. The maximum atomic E-state index is 13.1. The molecular weight excluding hydrogens is 501 g/mol. The molecule has 10 nitrogen and oxygen atoms in total. The predicted molar refractivity (Wildman–Crippen MR) is 129 cm³/mol. The summed E-state index contributed by atoms with van der Waals surface area (Å²) in [5.74, 6) is -0.285. The molecule has 0 aliphatic heterocycles. The Bertz CT molecular complexity index is 1380. The van der Waals surface area contributed by atoms with Gasteiger partial charge in [-0.15, -0.1) is 10.2 Å². The fraction of sp³-hybridized carbons (Fsp3) is 0.0952. The molecule has 0 unspecified atom stereocenters. The molecule has 0 atom stereocenters. The van der Waals surface area contributed by atoms with E-state index in [-0.39, 0.29) is 20.9 Å². The van der Waals surface area contributed by atoms with Crippen LogP contribution in [0.4, 0.5) is 10.9 Å². The van der Waals surface area contributed by atoms with Crippen molar-refractivity contribution in [1.29, 1.82) is 0 Å². The largest absolute Gasteiger partial charge is 0.494 e. The lowest BCUT2D eigenvalue weighted by molar-refractivity contribution is 0.101. The highest BCUT2D eigenvalue weighted by Gasteiger charge is 2.20. The Balaban J connectivity index is 1.56. The highest BCUT2D eigenvalue weighted by atomic mass is 35.5. The number of methoxy groups -OCH3 is 1. The fourth-order valence-electron chi connectivity index (χ4n) is 2.90. The van der Waals surface area contributed by atoms with Gasteiger partial charge in [-0.05, 0) is 31.2 Å². The number of nitrogens with one attached hydrogen (secondary N) is 2. The maximum absolute atomic E-state index is 13.1. The van der Waals surface area contributed by atoms with Crippen molar-refractivity contribution in [3.05, 3.63) is 69.3 Å². The van der Waals surface area contributed by atoms with Gasteiger partial charge in [0, 0.05) is 29.2 Å². The molecule has 0 fully saturated rings. The van der Waals surface area contributed by atoms with Crippen LogP contribution >= 0.6 is 34.5 Å². The molecule has 2 amide bonds. The van der Waals surface area contributed by atoms with Gasteiger partial charge < -0.3 is 10.1 Å². The monoisotopic (exact) mass is 515 g/mol. The first-order valence-corrected chi connectivity index (χ1v) is 11.2. The van der Waals surface area contributed by atoms with Gasteiger partial charge in [0.1, 0.15) is 16.7 Å². The van der Waals surface area contributed by atoms with Crippen LogP contribution in [0.1, 0.15) is 25.9 Å². The third kappa shape index (κ3) is 5.28. The molecule has 4 rings (SSSR count). The van der Waals surface area contributed by atoms with Crippen molar-refractivity contribution in [2.24, 2.45) is 0 Å². The molecule has 0 saturated carbocycles. The second kappa shape index (κ2) is 10.1. The summed E-state index contributed by atoms with van der Waals surface area (Å²) >= 11 is 12.8. The zero-order chi connectivity index (χ0) is 24.2. The molecule has 2 N–H and O–H groups in total. The smallest absolute Gasteiger partial charge is 0.287 e. The number of pyridine rings is 3. The number of halogens is 2. The number of aromatic nitrogens is 5. The molecule has 0 aromatic carbocycles. The summed E-state index contributed by atoms with van der Waals surface area (Å²) in [6.07, 6.45) is 4.32. The molecule has 4 heterocycles. The second-order valence-electron chi connectivity index (χ2n) is 6.76. The van der Waals surface area contributed by atoms with Crippen molar-refractivity contribution in [3.8, 4) is 16.9 Å². The van der Waals surface area contributed by atoms with Crippen LogP contribution in [0.5, 0.6) is 5.75 Å². The lowest BCUT2D eigenvalue weighted by Crippen LogP contribution is -2.14. The van der Waals surface area contributed by atoms with Gasteiger partial charge in [0.25, 0.3) is 11.8 Å². The molecule has 0 bridgehead atoms. The summed E-state index contributed by atoms with van der Waals surface area (Å²) in [6, 6.07) is 6.48. The summed E-state index contributed by atoms with van der Waals surface area (Å²) in [5, 5.41) is 13.8. The van der Waals surface area contributed by atoms with E-state index < -0.39 is 11.8 Å². The summed E-state index contributed by atoms with van der Waals surface area (Å²) in [6.45, 7) is 1.80. The van der Waals surface area contributed by atoms with Gasteiger partial charge >= 0.3 is 0 Å². The normalized spacial score (nSPS) is 10.6. The van der Waals surface area contributed by atoms with Gasteiger partial charge in [-0.2, -0.15) is 0 Å². The third-order valence-electron chi connectivity index (χ3n) is 4.44. The van der Waals surface area contributed by atoms with Crippen molar-refractivity contribution in [3.63, 3.8) is 0 Å². The average molecular weight is 516 g/mol. The number of hydrogen-bond donors (Lipinski definition) is 2. The van der Waals surface area contributed by atoms with Crippen LogP contribution in [-0.4, -0.2) is 44.1 Å². The zero-order valence-electron chi connectivity index (χ0n) is 17.7. The van der Waals surface area contributed by atoms with Crippen LogP contribution in [0.3, 0.4) is 0 Å². The maximum Gasteiger partial charge on any atom is 0.287 e. The third-order valence-corrected chi connectivity index (χ3v) is 5.71. The predicted octanol–water partition coefficient (Wildman–Crippen LogP) is 4.52. The Hall–Kier alpha value is -3.67. The first-order valence-electron chi connectivity index (χ1n) is 9.58. The van der Waals surface area contributed by atoms with Crippen molar-refractivity contribution >= 4 is 57.3 Å². The van der Waals surface area contributed by atoms with E-state index in [9.17, 15) is 9.59 Å². The van der Waals surface area contributed by atoms with E-state index in [1.807, 2.05) is 0 Å². The van der Waals surface area contributed by atoms with Crippen molar-refractivity contribution in [2.75, 3.05) is 17.7 Å². The molecule has 4 aromatic heterocycles. The Labute approximate surface area is 207 Å². The number of ether oxygens (including phenoxy) is 1. The Kier molecular flexibility index (Phi) is 6.96. The van der Waals surface area contributed by atoms with E-state index >= 15 is 0 Å². The Morgan fingerprint density at radius 3 is 2.50 bits per heavy atom. The minimum absolute atomic E-state index is 0.0388. The van der Waals surface area contributed by atoms with Gasteiger partial charge in [-0.3, -0.25) is 19.9 Å². The minimum atomic E-state index is -0.526. The lowest BCUT2D eigenvalue weighted by Gasteiger charge is -2.13. The fourth-order valence-corrected chi connectivity index (χ4v) is 3.81. The SMILES string of the molecule is COc1cnc(Cl)cc1-c1cc(C)ncc1C(=O)Nc1nnc(C(=O)Nc2ccc(Cl)cn2)s1. The lowest BCUT2D eigenvalue weighted by atomic mass is 10.0. The van der Waals surface area contributed by atoms with Gasteiger partial charge in [0.05, 0.1) is 23.9 Å². The molecule has 34 heavy (non-hydrogen) atoms. The van der Waals surface area contributed by atoms with Gasteiger partial charge in [-0.25, -0.2) is 9.97 Å². The first kappa shape index (κ1) is 23.5. The number of hydrogen-bond acceptors (Lipinski definition) is 9. The van der Waals surface area contributed by atoms with E-state index in [0.29, 0.717) is 33.4 Å². The quantitative estimate of drug-likeness (QED) is 0.358. The van der Waals surface area contributed by atoms with E-state index in [1.165, 1.54) is 25.7 Å². The average Bonchev–Trinajstić information content (AvgIpc) is 3.29. The number of anilines is 2. The summed E-state index contributed by atoms with van der Waals surface area (Å²) in [7, 11) is 1.50. The van der Waals surface area contributed by atoms with E-state index in [4.69, 9.17) is 27.9 Å². The molecule has 0 aliphatic rings. The van der Waals surface area contributed by atoms with Crippen LogP contribution < -0.4 is 15.4 Å². The molecule has 172 valence electrons. The van der Waals surface area contributed by atoms with Crippen molar-refractivity contribution in [1.82, 2.24) is 25.1 Å². The topological polar surface area (TPSA) is 132 Å².